The molecule has 5 rings (SSSR count). The molecule has 0 bridgehead atoms. The van der Waals surface area contributed by atoms with E-state index in [4.69, 9.17) is 0 Å². The Balaban J connectivity index is 1.33. The van der Waals surface area contributed by atoms with Gasteiger partial charge in [0.05, 0.1) is 5.69 Å². The molecule has 0 unspecified atom stereocenters. The number of carbonyl (C=O) groups excluding carboxylic acids is 1. The van der Waals surface area contributed by atoms with E-state index in [-0.39, 0.29) is 5.91 Å². The van der Waals surface area contributed by atoms with Crippen molar-refractivity contribution < 1.29 is 4.79 Å². The number of likely N-dealkylation sites (tertiary alicyclic amines) is 2. The zero-order valence-electron chi connectivity index (χ0n) is 14.6. The number of H-pyrrole nitrogens is 1. The van der Waals surface area contributed by atoms with Crippen molar-refractivity contribution in [3.63, 3.8) is 0 Å². The van der Waals surface area contributed by atoms with Crippen LogP contribution in [-0.2, 0) is 6.54 Å². The van der Waals surface area contributed by atoms with E-state index >= 15 is 0 Å². The number of rotatable bonds is 3. The molecule has 0 saturated carbocycles. The first-order valence-electron chi connectivity index (χ1n) is 9.32. The van der Waals surface area contributed by atoms with Crippen LogP contribution in [-0.4, -0.2) is 50.8 Å². The minimum Gasteiger partial charge on any atom is -0.361 e. The smallest absolute Gasteiger partial charge is 0.254 e. The van der Waals surface area contributed by atoms with Gasteiger partial charge < -0.3 is 9.88 Å². The van der Waals surface area contributed by atoms with Gasteiger partial charge in [0.2, 0.25) is 0 Å². The molecule has 0 aliphatic carbocycles. The largest absolute Gasteiger partial charge is 0.361 e. The molecule has 2 atom stereocenters. The van der Waals surface area contributed by atoms with Crippen LogP contribution in [0.4, 0.5) is 0 Å². The highest BCUT2D eigenvalue weighted by atomic mass is 16.2. The number of carbonyl (C=O) groups is 1. The van der Waals surface area contributed by atoms with Crippen molar-refractivity contribution in [2.75, 3.05) is 13.1 Å². The van der Waals surface area contributed by atoms with Gasteiger partial charge in [-0.15, -0.1) is 0 Å². The molecule has 0 radical (unpaired) electrons. The fourth-order valence-electron chi connectivity index (χ4n) is 4.58. The number of amides is 1. The Morgan fingerprint density at radius 3 is 2.92 bits per heavy atom. The molecule has 132 valence electrons. The molecule has 2 aromatic heterocycles. The predicted molar refractivity (Wildman–Crippen MR) is 101 cm³/mol. The van der Waals surface area contributed by atoms with Crippen LogP contribution < -0.4 is 0 Å². The van der Waals surface area contributed by atoms with E-state index in [1.807, 2.05) is 48.8 Å². The van der Waals surface area contributed by atoms with Gasteiger partial charge in [-0.3, -0.25) is 14.7 Å². The van der Waals surface area contributed by atoms with E-state index in [1.165, 1.54) is 0 Å². The molecule has 2 aliphatic rings. The highest BCUT2D eigenvalue weighted by Crippen LogP contribution is 2.33. The first-order valence-corrected chi connectivity index (χ1v) is 9.32. The second-order valence-corrected chi connectivity index (χ2v) is 7.28. The number of aromatic nitrogens is 2. The van der Waals surface area contributed by atoms with Crippen LogP contribution >= 0.6 is 0 Å². The van der Waals surface area contributed by atoms with Crippen molar-refractivity contribution in [2.24, 2.45) is 0 Å². The second-order valence-electron chi connectivity index (χ2n) is 7.28. The molecule has 5 nitrogen and oxygen atoms in total. The molecule has 1 aromatic carbocycles. The van der Waals surface area contributed by atoms with Crippen molar-refractivity contribution in [1.82, 2.24) is 19.8 Å². The fraction of sp³-hybridized carbons (Fsp3) is 0.333. The molecule has 5 heteroatoms. The Morgan fingerprint density at radius 1 is 1.12 bits per heavy atom. The van der Waals surface area contributed by atoms with Crippen LogP contribution in [0.2, 0.25) is 0 Å². The van der Waals surface area contributed by atoms with E-state index < -0.39 is 0 Å². The van der Waals surface area contributed by atoms with Gasteiger partial charge in [0, 0.05) is 60.6 Å². The van der Waals surface area contributed by atoms with Crippen LogP contribution in [0, 0.1) is 0 Å². The lowest BCUT2D eigenvalue weighted by molar-refractivity contribution is 0.0732. The normalized spacial score (nSPS) is 22.8. The molecule has 2 aliphatic heterocycles. The molecule has 26 heavy (non-hydrogen) atoms. The minimum atomic E-state index is 0.167. The van der Waals surface area contributed by atoms with Gasteiger partial charge in [-0.05, 0) is 49.2 Å². The summed E-state index contributed by atoms with van der Waals surface area (Å²) in [5.74, 6) is 0.167. The van der Waals surface area contributed by atoms with Crippen LogP contribution in [0.1, 0.15) is 28.9 Å². The van der Waals surface area contributed by atoms with Crippen LogP contribution in [0.3, 0.4) is 0 Å². The number of nitrogens with one attached hydrogen (secondary N) is 1. The van der Waals surface area contributed by atoms with Crippen molar-refractivity contribution >= 4 is 16.8 Å². The Labute approximate surface area is 152 Å². The summed E-state index contributed by atoms with van der Waals surface area (Å²) in [6.45, 7) is 2.75. The van der Waals surface area contributed by atoms with Gasteiger partial charge in [0.25, 0.3) is 5.91 Å². The summed E-state index contributed by atoms with van der Waals surface area (Å²) in [6, 6.07) is 14.8. The van der Waals surface area contributed by atoms with Crippen molar-refractivity contribution in [1.29, 1.82) is 0 Å². The van der Waals surface area contributed by atoms with Crippen molar-refractivity contribution in [3.05, 3.63) is 66.1 Å². The molecule has 2 saturated heterocycles. The first kappa shape index (κ1) is 15.6. The zero-order chi connectivity index (χ0) is 17.5. The lowest BCUT2D eigenvalue weighted by atomic mass is 10.1. The van der Waals surface area contributed by atoms with Gasteiger partial charge in [-0.2, -0.15) is 0 Å². The minimum absolute atomic E-state index is 0.167. The molecule has 4 heterocycles. The summed E-state index contributed by atoms with van der Waals surface area (Å²) in [5, 5.41) is 1.09. The molecule has 1 amide bonds. The SMILES string of the molecule is O=C(c1ccc2[nH]ccc2c1)N1CC[C@H]2[C@H]1CCN2Cc1ccccn1. The summed E-state index contributed by atoms with van der Waals surface area (Å²) in [5.41, 5.74) is 2.97. The van der Waals surface area contributed by atoms with Crippen molar-refractivity contribution in [3.8, 4) is 0 Å². The van der Waals surface area contributed by atoms with E-state index in [0.717, 1.165) is 54.6 Å². The summed E-state index contributed by atoms with van der Waals surface area (Å²) in [6.07, 6.45) is 5.87. The number of hydrogen-bond donors (Lipinski definition) is 1. The maximum Gasteiger partial charge on any atom is 0.254 e. The summed E-state index contributed by atoms with van der Waals surface area (Å²) in [7, 11) is 0. The number of fused-ring (bicyclic) bond motifs is 2. The van der Waals surface area contributed by atoms with Crippen LogP contribution in [0.15, 0.2) is 54.9 Å². The Kier molecular flexibility index (Phi) is 3.75. The number of benzene rings is 1. The predicted octanol–water partition coefficient (Wildman–Crippen LogP) is 3.05. The number of nitrogens with zero attached hydrogens (tertiary/aromatic N) is 3. The second kappa shape index (κ2) is 6.25. The van der Waals surface area contributed by atoms with Crippen LogP contribution in [0.25, 0.3) is 10.9 Å². The third-order valence-corrected chi connectivity index (χ3v) is 5.84. The zero-order valence-corrected chi connectivity index (χ0v) is 14.6. The Morgan fingerprint density at radius 2 is 2.04 bits per heavy atom. The van der Waals surface area contributed by atoms with Crippen molar-refractivity contribution in [2.45, 2.75) is 31.5 Å². The van der Waals surface area contributed by atoms with Gasteiger partial charge in [0.15, 0.2) is 0 Å². The quantitative estimate of drug-likeness (QED) is 0.793. The van der Waals surface area contributed by atoms with Gasteiger partial charge in [-0.1, -0.05) is 6.07 Å². The Bertz CT molecular complexity index is 935. The Hall–Kier alpha value is -2.66. The number of pyridine rings is 1. The van der Waals surface area contributed by atoms with E-state index in [9.17, 15) is 4.79 Å². The van der Waals surface area contributed by atoms with E-state index in [2.05, 4.69) is 25.8 Å². The van der Waals surface area contributed by atoms with Gasteiger partial charge in [0.1, 0.15) is 0 Å². The lowest BCUT2D eigenvalue weighted by Gasteiger charge is -2.25. The summed E-state index contributed by atoms with van der Waals surface area (Å²) in [4.78, 5) is 25.3. The van der Waals surface area contributed by atoms with E-state index in [1.54, 1.807) is 0 Å². The van der Waals surface area contributed by atoms with Gasteiger partial charge in [-0.25, -0.2) is 0 Å². The monoisotopic (exact) mass is 346 g/mol. The highest BCUT2D eigenvalue weighted by Gasteiger charge is 2.44. The average molecular weight is 346 g/mol. The average Bonchev–Trinajstić information content (AvgIpc) is 3.38. The topological polar surface area (TPSA) is 52.2 Å². The lowest BCUT2D eigenvalue weighted by Crippen LogP contribution is -2.39. The maximum atomic E-state index is 13.1. The van der Waals surface area contributed by atoms with Crippen LogP contribution in [0.5, 0.6) is 0 Å². The molecule has 1 N–H and O–H groups in total. The highest BCUT2D eigenvalue weighted by molar-refractivity contribution is 5.98. The molecule has 0 spiro atoms. The number of aromatic amines is 1. The third-order valence-electron chi connectivity index (χ3n) is 5.84. The first-order chi connectivity index (χ1) is 12.8. The molecular formula is C21H22N4O. The molecule has 3 aromatic rings. The van der Waals surface area contributed by atoms with Gasteiger partial charge >= 0.3 is 0 Å². The molecular weight excluding hydrogens is 324 g/mol. The fourth-order valence-corrected chi connectivity index (χ4v) is 4.58. The number of hydrogen-bond acceptors (Lipinski definition) is 3. The third kappa shape index (κ3) is 2.59. The maximum absolute atomic E-state index is 13.1. The summed E-state index contributed by atoms with van der Waals surface area (Å²) >= 11 is 0. The van der Waals surface area contributed by atoms with E-state index in [0.29, 0.717) is 12.1 Å². The molecule has 2 fully saturated rings. The summed E-state index contributed by atoms with van der Waals surface area (Å²) < 4.78 is 0. The standard InChI is InChI=1S/C21H22N4O/c26-21(16-4-5-18-15(13-16)6-10-23-18)25-12-8-19-20(25)7-11-24(19)14-17-3-1-2-9-22-17/h1-6,9-10,13,19-20,23H,7-8,11-12,14H2/t19-,20+/m0/s1.